The van der Waals surface area contributed by atoms with E-state index >= 15 is 0 Å². The summed E-state index contributed by atoms with van der Waals surface area (Å²) >= 11 is 0. The Hall–Kier alpha value is -0.570. The van der Waals surface area contributed by atoms with Gasteiger partial charge in [0, 0.05) is 5.92 Å². The molecule has 0 aromatic rings. The fourth-order valence-electron chi connectivity index (χ4n) is 3.21. The number of carbonyl (C=O) groups excluding carboxylic acids is 1. The fraction of sp³-hybridized carbons (Fsp3) is 0.929. The Kier molecular flexibility index (Phi) is 3.76. The number of nitrogens with zero attached hydrogens (tertiary/aromatic N) is 1. The van der Waals surface area contributed by atoms with E-state index in [-0.39, 0.29) is 11.8 Å². The molecule has 1 saturated carbocycles. The van der Waals surface area contributed by atoms with Crippen LogP contribution in [0.15, 0.2) is 0 Å². The van der Waals surface area contributed by atoms with Gasteiger partial charge in [-0.2, -0.15) is 0 Å². The van der Waals surface area contributed by atoms with Gasteiger partial charge in [0.05, 0.1) is 18.7 Å². The highest BCUT2D eigenvalue weighted by Crippen LogP contribution is 2.33. The second-order valence-corrected chi connectivity index (χ2v) is 6.13. The molecule has 2 fully saturated rings. The van der Waals surface area contributed by atoms with Crippen LogP contribution < -0.4 is 0 Å². The summed E-state index contributed by atoms with van der Waals surface area (Å²) in [5, 5.41) is 10.1. The maximum absolute atomic E-state index is 12.2. The van der Waals surface area contributed by atoms with Gasteiger partial charge < -0.3 is 10.0 Å². The number of rotatable bonds is 3. The molecule has 0 atom stereocenters. The minimum Gasteiger partial charge on any atom is -0.386 e. The molecule has 0 aromatic heterocycles. The first kappa shape index (κ1) is 12.9. The van der Waals surface area contributed by atoms with Gasteiger partial charge in [-0.3, -0.25) is 4.79 Å². The molecule has 3 nitrogen and oxygen atoms in total. The summed E-state index contributed by atoms with van der Waals surface area (Å²) in [5.74, 6) is 1.31. The van der Waals surface area contributed by atoms with Crippen molar-refractivity contribution in [1.82, 2.24) is 4.90 Å². The molecule has 0 unspecified atom stereocenters. The van der Waals surface area contributed by atoms with Crippen molar-refractivity contribution in [3.05, 3.63) is 0 Å². The number of hydrogen-bond acceptors (Lipinski definition) is 2. The van der Waals surface area contributed by atoms with Crippen LogP contribution in [0.5, 0.6) is 0 Å². The molecule has 0 spiro atoms. The standard InChI is InChI=1S/C14H25NO2/c1-3-8-14(17)9-15(10-14)13(16)12-6-4-11(2)5-7-12/h11-12,17H,3-10H2,1-2H3. The van der Waals surface area contributed by atoms with Crippen molar-refractivity contribution < 1.29 is 9.90 Å². The lowest BCUT2D eigenvalue weighted by atomic mass is 9.80. The van der Waals surface area contributed by atoms with E-state index in [9.17, 15) is 9.90 Å². The lowest BCUT2D eigenvalue weighted by Gasteiger charge is -2.48. The molecule has 1 saturated heterocycles. The first-order valence-corrected chi connectivity index (χ1v) is 7.05. The topological polar surface area (TPSA) is 40.5 Å². The zero-order valence-corrected chi connectivity index (χ0v) is 11.1. The minimum absolute atomic E-state index is 0.234. The molecule has 0 aromatic carbocycles. The Morgan fingerprint density at radius 3 is 2.41 bits per heavy atom. The van der Waals surface area contributed by atoms with E-state index in [4.69, 9.17) is 0 Å². The predicted molar refractivity (Wildman–Crippen MR) is 67.6 cm³/mol. The average molecular weight is 239 g/mol. The maximum atomic E-state index is 12.2. The van der Waals surface area contributed by atoms with Gasteiger partial charge >= 0.3 is 0 Å². The zero-order chi connectivity index (χ0) is 12.5. The maximum Gasteiger partial charge on any atom is 0.225 e. The third-order valence-corrected chi connectivity index (χ3v) is 4.36. The van der Waals surface area contributed by atoms with E-state index in [0.29, 0.717) is 13.1 Å². The molecule has 17 heavy (non-hydrogen) atoms. The second-order valence-electron chi connectivity index (χ2n) is 6.13. The van der Waals surface area contributed by atoms with Crippen LogP contribution in [0.1, 0.15) is 52.4 Å². The molecule has 1 aliphatic carbocycles. The molecule has 0 radical (unpaired) electrons. The van der Waals surface area contributed by atoms with Crippen LogP contribution in [0, 0.1) is 11.8 Å². The van der Waals surface area contributed by atoms with E-state index in [1.165, 1.54) is 12.8 Å². The Morgan fingerprint density at radius 2 is 1.88 bits per heavy atom. The van der Waals surface area contributed by atoms with E-state index < -0.39 is 5.60 Å². The molecule has 2 rings (SSSR count). The van der Waals surface area contributed by atoms with Crippen molar-refractivity contribution in [3.63, 3.8) is 0 Å². The quantitative estimate of drug-likeness (QED) is 0.820. The third kappa shape index (κ3) is 2.82. The van der Waals surface area contributed by atoms with Crippen molar-refractivity contribution in [2.24, 2.45) is 11.8 Å². The molecule has 1 N–H and O–H groups in total. The van der Waals surface area contributed by atoms with Crippen LogP contribution in [0.3, 0.4) is 0 Å². The Bertz CT molecular complexity index is 276. The molecule has 3 heteroatoms. The molecule has 0 bridgehead atoms. The summed E-state index contributed by atoms with van der Waals surface area (Å²) in [7, 11) is 0. The lowest BCUT2D eigenvalue weighted by Crippen LogP contribution is -2.64. The smallest absolute Gasteiger partial charge is 0.225 e. The molecule has 2 aliphatic rings. The molecule has 98 valence electrons. The van der Waals surface area contributed by atoms with Crippen molar-refractivity contribution >= 4 is 5.91 Å². The lowest BCUT2D eigenvalue weighted by molar-refractivity contribution is -0.161. The van der Waals surface area contributed by atoms with Gasteiger partial charge in [0.15, 0.2) is 0 Å². The van der Waals surface area contributed by atoms with Gasteiger partial charge in [-0.25, -0.2) is 0 Å². The molecule has 1 amide bonds. The zero-order valence-electron chi connectivity index (χ0n) is 11.1. The summed E-state index contributed by atoms with van der Waals surface area (Å²) in [4.78, 5) is 14.1. The summed E-state index contributed by atoms with van der Waals surface area (Å²) in [6.45, 7) is 5.47. The van der Waals surface area contributed by atoms with Gasteiger partial charge in [-0.05, 0) is 38.0 Å². The van der Waals surface area contributed by atoms with Crippen molar-refractivity contribution in [2.45, 2.75) is 58.0 Å². The van der Waals surface area contributed by atoms with Crippen molar-refractivity contribution in [3.8, 4) is 0 Å². The summed E-state index contributed by atoms with van der Waals surface area (Å²) in [5.41, 5.74) is -0.577. The number of carbonyl (C=O) groups is 1. The first-order valence-electron chi connectivity index (χ1n) is 7.05. The van der Waals surface area contributed by atoms with Gasteiger partial charge in [0.25, 0.3) is 0 Å². The van der Waals surface area contributed by atoms with Crippen molar-refractivity contribution in [1.29, 1.82) is 0 Å². The average Bonchev–Trinajstić information content (AvgIpc) is 2.26. The number of amides is 1. The third-order valence-electron chi connectivity index (χ3n) is 4.36. The SMILES string of the molecule is CCCC1(O)CN(C(=O)C2CCC(C)CC2)C1. The van der Waals surface area contributed by atoms with Gasteiger partial charge in [0.1, 0.15) is 0 Å². The largest absolute Gasteiger partial charge is 0.386 e. The Morgan fingerprint density at radius 1 is 1.29 bits per heavy atom. The molecule has 1 heterocycles. The van der Waals surface area contributed by atoms with Crippen LogP contribution >= 0.6 is 0 Å². The molecular formula is C14H25NO2. The van der Waals surface area contributed by atoms with Crippen LogP contribution in [0.2, 0.25) is 0 Å². The molecule has 1 aliphatic heterocycles. The fourth-order valence-corrected chi connectivity index (χ4v) is 3.21. The Balaban J connectivity index is 1.79. The van der Waals surface area contributed by atoms with Crippen LogP contribution in [0.25, 0.3) is 0 Å². The van der Waals surface area contributed by atoms with E-state index in [1.807, 2.05) is 4.90 Å². The van der Waals surface area contributed by atoms with Gasteiger partial charge in [-0.1, -0.05) is 20.3 Å². The predicted octanol–water partition coefficient (Wildman–Crippen LogP) is 2.19. The second kappa shape index (κ2) is 4.97. The summed E-state index contributed by atoms with van der Waals surface area (Å²) in [6.07, 6.45) is 6.26. The highest BCUT2D eigenvalue weighted by molar-refractivity contribution is 5.80. The van der Waals surface area contributed by atoms with Crippen molar-refractivity contribution in [2.75, 3.05) is 13.1 Å². The monoisotopic (exact) mass is 239 g/mol. The molecular weight excluding hydrogens is 214 g/mol. The Labute approximate surface area is 104 Å². The number of hydrogen-bond donors (Lipinski definition) is 1. The van der Waals surface area contributed by atoms with Crippen LogP contribution in [-0.4, -0.2) is 34.6 Å². The highest BCUT2D eigenvalue weighted by Gasteiger charge is 2.44. The normalized spacial score (nSPS) is 32.1. The highest BCUT2D eigenvalue weighted by atomic mass is 16.3. The summed E-state index contributed by atoms with van der Waals surface area (Å²) < 4.78 is 0. The number of likely N-dealkylation sites (tertiary alicyclic amines) is 1. The van der Waals surface area contributed by atoms with E-state index in [0.717, 1.165) is 31.6 Å². The van der Waals surface area contributed by atoms with Gasteiger partial charge in [-0.15, -0.1) is 0 Å². The van der Waals surface area contributed by atoms with Crippen LogP contribution in [0.4, 0.5) is 0 Å². The van der Waals surface area contributed by atoms with Crippen LogP contribution in [-0.2, 0) is 4.79 Å². The summed E-state index contributed by atoms with van der Waals surface area (Å²) in [6, 6.07) is 0. The minimum atomic E-state index is -0.577. The van der Waals surface area contributed by atoms with Gasteiger partial charge in [0.2, 0.25) is 5.91 Å². The first-order chi connectivity index (χ1) is 8.04. The van der Waals surface area contributed by atoms with E-state index in [1.54, 1.807) is 0 Å². The van der Waals surface area contributed by atoms with E-state index in [2.05, 4.69) is 13.8 Å². The number of β-amino-alcohol motifs (C(OH)–C–C–N with tert-alkyl or cyclic N) is 1. The number of aliphatic hydroxyl groups is 1.